The first-order valence-corrected chi connectivity index (χ1v) is 15.1. The van der Waals surface area contributed by atoms with Gasteiger partial charge in [0.1, 0.15) is 28.9 Å². The summed E-state index contributed by atoms with van der Waals surface area (Å²) in [5, 5.41) is 21.5. The highest BCUT2D eigenvalue weighted by molar-refractivity contribution is 7.14. The molecule has 6 rings (SSSR count). The fraction of sp³-hybridized carbons (Fsp3) is 0.323. The fourth-order valence-electron chi connectivity index (χ4n) is 6.08. The van der Waals surface area contributed by atoms with Gasteiger partial charge < -0.3 is 19.6 Å². The molecule has 2 atom stereocenters. The number of carbonyl (C=O) groups is 2. The molecule has 4 aromatic rings. The highest BCUT2D eigenvalue weighted by Crippen LogP contribution is 2.39. The van der Waals surface area contributed by atoms with Gasteiger partial charge in [-0.25, -0.2) is 13.6 Å². The minimum Gasteiger partial charge on any atom is -0.502 e. The van der Waals surface area contributed by atoms with Gasteiger partial charge in [-0.15, -0.1) is 10.2 Å². The maximum Gasteiger partial charge on any atom is 0.410 e. The van der Waals surface area contributed by atoms with Gasteiger partial charge in [-0.05, 0) is 24.1 Å². The van der Waals surface area contributed by atoms with Crippen molar-refractivity contribution in [3.63, 3.8) is 0 Å². The van der Waals surface area contributed by atoms with Crippen LogP contribution in [0.25, 0.3) is 10.6 Å². The van der Waals surface area contributed by atoms with Crippen molar-refractivity contribution in [3.8, 4) is 16.3 Å². The van der Waals surface area contributed by atoms with Crippen LogP contribution in [0.15, 0.2) is 59.5 Å². The molecule has 2 aliphatic rings. The van der Waals surface area contributed by atoms with Gasteiger partial charge in [0.25, 0.3) is 5.91 Å². The average Bonchev–Trinajstić information content (AvgIpc) is 3.49. The number of aromatic hydroxyl groups is 1. The monoisotopic (exact) mass is 636 g/mol. The smallest absolute Gasteiger partial charge is 0.410 e. The molecule has 0 aliphatic carbocycles. The Morgan fingerprint density at radius 1 is 1.13 bits per heavy atom. The van der Waals surface area contributed by atoms with E-state index in [4.69, 9.17) is 4.74 Å². The molecule has 1 fully saturated rings. The fourth-order valence-corrected chi connectivity index (χ4v) is 6.95. The second kappa shape index (κ2) is 11.6. The van der Waals surface area contributed by atoms with Crippen molar-refractivity contribution in [1.82, 2.24) is 24.7 Å². The van der Waals surface area contributed by atoms with Gasteiger partial charge in [-0.1, -0.05) is 47.7 Å². The lowest BCUT2D eigenvalue weighted by molar-refractivity contribution is -0.00938. The zero-order valence-electron chi connectivity index (χ0n) is 24.7. The van der Waals surface area contributed by atoms with E-state index in [1.54, 1.807) is 24.0 Å². The van der Waals surface area contributed by atoms with Crippen molar-refractivity contribution in [2.75, 3.05) is 25.6 Å². The van der Waals surface area contributed by atoms with E-state index < -0.39 is 40.5 Å². The molecule has 1 unspecified atom stereocenters. The van der Waals surface area contributed by atoms with Crippen LogP contribution in [-0.4, -0.2) is 74.1 Å². The summed E-state index contributed by atoms with van der Waals surface area (Å²) in [6.07, 6.45) is 1.74. The van der Waals surface area contributed by atoms with Crippen molar-refractivity contribution < 1.29 is 28.2 Å². The molecular formula is C31H30F2N6O5S. The lowest BCUT2D eigenvalue weighted by atomic mass is 9.88. The molecule has 234 valence electrons. The number of rotatable bonds is 5. The topological polar surface area (TPSA) is 121 Å². The molecule has 4 heterocycles. The number of ether oxygens (including phenoxy) is 1. The summed E-state index contributed by atoms with van der Waals surface area (Å²) in [5.74, 6) is -2.71. The van der Waals surface area contributed by atoms with Crippen LogP contribution in [-0.2, 0) is 17.8 Å². The number of amides is 2. The van der Waals surface area contributed by atoms with Gasteiger partial charge in [-0.2, -0.15) is 0 Å². The van der Waals surface area contributed by atoms with Gasteiger partial charge in [0.05, 0.1) is 5.56 Å². The number of benzene rings is 2. The Kier molecular flexibility index (Phi) is 7.77. The van der Waals surface area contributed by atoms with Crippen molar-refractivity contribution in [1.29, 1.82) is 0 Å². The minimum absolute atomic E-state index is 0.00825. The van der Waals surface area contributed by atoms with E-state index in [1.807, 2.05) is 37.3 Å². The summed E-state index contributed by atoms with van der Waals surface area (Å²) in [6.45, 7) is 2.32. The number of aromatic nitrogens is 3. The number of likely N-dealkylation sites (tertiary alicyclic amines) is 1. The third-order valence-corrected chi connectivity index (χ3v) is 9.58. The van der Waals surface area contributed by atoms with Crippen molar-refractivity contribution >= 4 is 23.3 Å². The van der Waals surface area contributed by atoms with Crippen molar-refractivity contribution in [2.24, 2.45) is 0 Å². The second-order valence-electron chi connectivity index (χ2n) is 11.2. The van der Waals surface area contributed by atoms with Gasteiger partial charge in [0.2, 0.25) is 5.43 Å². The van der Waals surface area contributed by atoms with Crippen molar-refractivity contribution in [3.05, 3.63) is 98.4 Å². The molecule has 45 heavy (non-hydrogen) atoms. The quantitative estimate of drug-likeness (QED) is 0.348. The van der Waals surface area contributed by atoms with E-state index in [2.05, 4.69) is 10.2 Å². The largest absolute Gasteiger partial charge is 0.502 e. The van der Waals surface area contributed by atoms with Crippen LogP contribution in [0.4, 0.5) is 13.6 Å². The number of piperidine rings is 1. The normalized spacial score (nSPS) is 19.6. The molecule has 1 saturated heterocycles. The number of hydrogen-bond donors (Lipinski definition) is 1. The summed E-state index contributed by atoms with van der Waals surface area (Å²) in [5.41, 5.74) is -0.805. The number of halogens is 2. The average molecular weight is 637 g/mol. The third-order valence-electron chi connectivity index (χ3n) is 8.62. The Balaban J connectivity index is 1.27. The summed E-state index contributed by atoms with van der Waals surface area (Å²) < 4.78 is 34.6. The van der Waals surface area contributed by atoms with E-state index in [0.717, 1.165) is 29.0 Å². The van der Waals surface area contributed by atoms with Gasteiger partial charge in [0, 0.05) is 58.2 Å². The molecule has 2 aromatic heterocycles. The Hall–Kier alpha value is -4.85. The Labute approximate surface area is 260 Å². The van der Waals surface area contributed by atoms with Crippen LogP contribution in [0.2, 0.25) is 0 Å². The lowest BCUT2D eigenvalue weighted by Crippen LogP contribution is -2.72. The van der Waals surface area contributed by atoms with E-state index in [-0.39, 0.29) is 40.9 Å². The van der Waals surface area contributed by atoms with Gasteiger partial charge in [-0.3, -0.25) is 19.3 Å². The molecule has 0 radical (unpaired) electrons. The lowest BCUT2D eigenvalue weighted by Gasteiger charge is -2.57. The number of nitrogens with zero attached hydrogens (tertiary/aromatic N) is 6. The first kappa shape index (κ1) is 30.2. The molecular weight excluding hydrogens is 606 g/mol. The van der Waals surface area contributed by atoms with E-state index in [0.29, 0.717) is 24.4 Å². The van der Waals surface area contributed by atoms with Crippen LogP contribution in [0.1, 0.15) is 46.4 Å². The van der Waals surface area contributed by atoms with E-state index in [9.17, 15) is 28.3 Å². The minimum atomic E-state index is -0.898. The van der Waals surface area contributed by atoms with Crippen LogP contribution in [0.5, 0.6) is 5.75 Å². The van der Waals surface area contributed by atoms with Gasteiger partial charge >= 0.3 is 6.09 Å². The molecule has 0 bridgehead atoms. The van der Waals surface area contributed by atoms with Gasteiger partial charge in [0.15, 0.2) is 16.5 Å². The number of fused-ring (bicyclic) bond motifs is 1. The SMILES string of the molecule is C[C@H]1CC2(CCN1C(=O)OCc1ccccc1)N(C)C(=O)c1c(O)c(=O)c(-c3nnc(Cc4ccc(F)cc4F)s3)cn1N2C. The molecule has 0 saturated carbocycles. The van der Waals surface area contributed by atoms with Crippen molar-refractivity contribution in [2.45, 2.75) is 44.5 Å². The van der Waals surface area contributed by atoms with Crippen LogP contribution in [0, 0.1) is 11.6 Å². The zero-order valence-corrected chi connectivity index (χ0v) is 25.6. The first-order valence-electron chi connectivity index (χ1n) is 14.2. The molecule has 1 spiro atoms. The summed E-state index contributed by atoms with van der Waals surface area (Å²) >= 11 is 1.02. The molecule has 11 nitrogen and oxygen atoms in total. The van der Waals surface area contributed by atoms with Crippen LogP contribution >= 0.6 is 11.3 Å². The summed E-state index contributed by atoms with van der Waals surface area (Å²) in [4.78, 5) is 43.1. The van der Waals surface area contributed by atoms with Crippen LogP contribution in [0.3, 0.4) is 0 Å². The highest BCUT2D eigenvalue weighted by Gasteiger charge is 2.52. The molecule has 2 aliphatic heterocycles. The molecule has 2 amide bonds. The Morgan fingerprint density at radius 2 is 1.89 bits per heavy atom. The zero-order chi connectivity index (χ0) is 32.0. The molecule has 14 heteroatoms. The van der Waals surface area contributed by atoms with E-state index in [1.165, 1.54) is 21.8 Å². The second-order valence-corrected chi connectivity index (χ2v) is 12.3. The standard InChI is InChI=1S/C31H30F2N6O5S/c1-18-15-31(11-12-38(18)30(43)44-17-19-7-5-4-6-8-19)36(2)29(42)25-27(41)26(40)22(16-39(25)37(31)3)28-35-34-24(45-28)13-20-9-10-21(32)14-23(20)33/h4-10,14,16,18,41H,11-13,15,17H2,1-3H3/t18-,31?/m0/s1. The van der Waals surface area contributed by atoms with E-state index >= 15 is 0 Å². The predicted octanol–water partition coefficient (Wildman–Crippen LogP) is 4.11. The first-order chi connectivity index (χ1) is 21.5. The Morgan fingerprint density at radius 3 is 2.60 bits per heavy atom. The number of carbonyl (C=O) groups excluding carboxylic acids is 2. The maximum absolute atomic E-state index is 14.2. The van der Waals surface area contributed by atoms with Crippen LogP contribution < -0.4 is 10.4 Å². The maximum atomic E-state index is 14.2. The highest BCUT2D eigenvalue weighted by atomic mass is 32.1. The molecule has 2 aromatic carbocycles. The Bertz CT molecular complexity index is 1850. The number of hydrogen-bond acceptors (Lipinski definition) is 9. The summed E-state index contributed by atoms with van der Waals surface area (Å²) in [6, 6.07) is 12.3. The number of pyridine rings is 1. The predicted molar refractivity (Wildman–Crippen MR) is 161 cm³/mol. The summed E-state index contributed by atoms with van der Waals surface area (Å²) in [7, 11) is 3.36. The third kappa shape index (κ3) is 5.28. The molecule has 1 N–H and O–H groups in total.